The Morgan fingerprint density at radius 2 is 1.64 bits per heavy atom. The molecule has 0 unspecified atom stereocenters. The molecule has 0 heterocycles. The van der Waals surface area contributed by atoms with Crippen LogP contribution in [0.5, 0.6) is 0 Å². The maximum absolute atomic E-state index is 11.1. The van der Waals surface area contributed by atoms with Gasteiger partial charge in [0, 0.05) is 0 Å². The molecule has 0 saturated heterocycles. The molecule has 4 heteroatoms. The average molecular weight is 367 g/mol. The largest absolute Gasteiger partial charge is 0.290 e. The van der Waals surface area contributed by atoms with Crippen molar-refractivity contribution in [3.05, 3.63) is 46.4 Å². The van der Waals surface area contributed by atoms with Gasteiger partial charge in [-0.05, 0) is 59.6 Å². The average Bonchev–Trinajstić information content (AvgIpc) is 2.53. The molecule has 142 valence electrons. The summed E-state index contributed by atoms with van der Waals surface area (Å²) in [5.74, 6) is 0. The second kappa shape index (κ2) is 8.05. The van der Waals surface area contributed by atoms with Crippen molar-refractivity contribution in [3.63, 3.8) is 0 Å². The topological polar surface area (TPSA) is 54.4 Å². The number of aryl methyl sites for hydroxylation is 1. The highest BCUT2D eigenvalue weighted by atomic mass is 32.2. The van der Waals surface area contributed by atoms with Crippen molar-refractivity contribution in [1.29, 1.82) is 0 Å². The number of hydrogen-bond donors (Lipinski definition) is 1. The zero-order valence-corrected chi connectivity index (χ0v) is 17.5. The van der Waals surface area contributed by atoms with Crippen LogP contribution in [-0.4, -0.2) is 13.0 Å². The molecule has 0 aromatic heterocycles. The zero-order chi connectivity index (χ0) is 19.5. The van der Waals surface area contributed by atoms with E-state index in [0.29, 0.717) is 6.42 Å². The summed E-state index contributed by atoms with van der Waals surface area (Å²) in [6.45, 7) is 16.9. The quantitative estimate of drug-likeness (QED) is 0.563. The van der Waals surface area contributed by atoms with Crippen molar-refractivity contribution in [3.8, 4) is 0 Å². The van der Waals surface area contributed by atoms with Gasteiger partial charge in [0.1, 0.15) is 0 Å². The van der Waals surface area contributed by atoms with E-state index < -0.39 is 10.1 Å². The van der Waals surface area contributed by atoms with Crippen LogP contribution in [0, 0.1) is 0 Å². The van der Waals surface area contributed by atoms with Gasteiger partial charge in [-0.15, -0.1) is 0 Å². The highest BCUT2D eigenvalue weighted by molar-refractivity contribution is 7.89. The van der Waals surface area contributed by atoms with Crippen molar-refractivity contribution in [2.24, 2.45) is 0 Å². The van der Waals surface area contributed by atoms with Gasteiger partial charge in [0.2, 0.25) is 0 Å². The SMILES string of the molecule is C=C(CCCc1ccc(C(C)(C)CC)cc1C(C)(C)CC)S(=O)(=O)O. The molecule has 0 aliphatic heterocycles. The Hall–Kier alpha value is -1.13. The van der Waals surface area contributed by atoms with E-state index in [9.17, 15) is 8.42 Å². The van der Waals surface area contributed by atoms with Crippen LogP contribution in [0.25, 0.3) is 0 Å². The monoisotopic (exact) mass is 366 g/mol. The summed E-state index contributed by atoms with van der Waals surface area (Å²) in [4.78, 5) is -0.104. The lowest BCUT2D eigenvalue weighted by molar-refractivity contribution is 0.483. The number of hydrogen-bond acceptors (Lipinski definition) is 2. The van der Waals surface area contributed by atoms with Gasteiger partial charge in [0.05, 0.1) is 4.91 Å². The van der Waals surface area contributed by atoms with Gasteiger partial charge in [-0.25, -0.2) is 0 Å². The van der Waals surface area contributed by atoms with Gasteiger partial charge in [0.15, 0.2) is 0 Å². The Labute approximate surface area is 154 Å². The molecule has 0 atom stereocenters. The predicted molar refractivity (Wildman–Crippen MR) is 107 cm³/mol. The second-order valence-electron chi connectivity index (χ2n) is 8.21. The minimum atomic E-state index is -4.12. The Morgan fingerprint density at radius 1 is 1.08 bits per heavy atom. The molecule has 0 radical (unpaired) electrons. The maximum atomic E-state index is 11.1. The third kappa shape index (κ3) is 5.68. The summed E-state index contributed by atoms with van der Waals surface area (Å²) in [7, 11) is -4.12. The first-order valence-corrected chi connectivity index (χ1v) is 10.6. The number of rotatable bonds is 9. The first kappa shape index (κ1) is 21.9. The molecular formula is C21H34O3S. The summed E-state index contributed by atoms with van der Waals surface area (Å²) in [5, 5.41) is 0. The molecular weight excluding hydrogens is 332 g/mol. The Bertz CT molecular complexity index is 713. The lowest BCUT2D eigenvalue weighted by Gasteiger charge is -2.31. The Morgan fingerprint density at radius 3 is 2.12 bits per heavy atom. The Kier molecular flexibility index (Phi) is 7.05. The lowest BCUT2D eigenvalue weighted by atomic mass is 9.74. The molecule has 1 aromatic rings. The number of benzene rings is 1. The van der Waals surface area contributed by atoms with Crippen molar-refractivity contribution >= 4 is 10.1 Å². The van der Waals surface area contributed by atoms with Gasteiger partial charge in [-0.3, -0.25) is 4.55 Å². The van der Waals surface area contributed by atoms with E-state index in [1.807, 2.05) is 0 Å². The molecule has 0 amide bonds. The van der Waals surface area contributed by atoms with E-state index in [-0.39, 0.29) is 22.2 Å². The molecule has 3 nitrogen and oxygen atoms in total. The van der Waals surface area contributed by atoms with Crippen LogP contribution in [0.2, 0.25) is 0 Å². The van der Waals surface area contributed by atoms with E-state index in [4.69, 9.17) is 4.55 Å². The summed E-state index contributed by atoms with van der Waals surface area (Å²) < 4.78 is 31.2. The second-order valence-corrected chi connectivity index (χ2v) is 9.74. The van der Waals surface area contributed by atoms with Crippen molar-refractivity contribution in [2.75, 3.05) is 0 Å². The molecule has 1 rings (SSSR count). The molecule has 0 saturated carbocycles. The highest BCUT2D eigenvalue weighted by Gasteiger charge is 2.25. The number of allylic oxidation sites excluding steroid dienone is 1. The van der Waals surface area contributed by atoms with Crippen LogP contribution in [0.15, 0.2) is 29.7 Å². The van der Waals surface area contributed by atoms with E-state index in [1.165, 1.54) is 16.7 Å². The zero-order valence-electron chi connectivity index (χ0n) is 16.6. The normalized spacial score (nSPS) is 13.1. The van der Waals surface area contributed by atoms with Crippen LogP contribution in [0.4, 0.5) is 0 Å². The van der Waals surface area contributed by atoms with Gasteiger partial charge < -0.3 is 0 Å². The Balaban J connectivity index is 3.12. The lowest BCUT2D eigenvalue weighted by Crippen LogP contribution is -2.22. The van der Waals surface area contributed by atoms with Gasteiger partial charge in [0.25, 0.3) is 10.1 Å². The summed E-state index contributed by atoms with van der Waals surface area (Å²) in [6.07, 6.45) is 3.83. The van der Waals surface area contributed by atoms with Crippen LogP contribution >= 0.6 is 0 Å². The fraction of sp³-hybridized carbons (Fsp3) is 0.619. The first-order valence-electron chi connectivity index (χ1n) is 9.14. The molecule has 1 aromatic carbocycles. The maximum Gasteiger partial charge on any atom is 0.290 e. The van der Waals surface area contributed by atoms with Crippen molar-refractivity contribution in [1.82, 2.24) is 0 Å². The van der Waals surface area contributed by atoms with E-state index >= 15 is 0 Å². The fourth-order valence-corrected chi connectivity index (χ4v) is 3.25. The van der Waals surface area contributed by atoms with Crippen molar-refractivity contribution < 1.29 is 13.0 Å². The minimum Gasteiger partial charge on any atom is -0.282 e. The summed E-state index contributed by atoms with van der Waals surface area (Å²) >= 11 is 0. The smallest absolute Gasteiger partial charge is 0.282 e. The van der Waals surface area contributed by atoms with E-state index in [1.54, 1.807) is 0 Å². The predicted octanol–water partition coefficient (Wildman–Crippen LogP) is 5.79. The van der Waals surface area contributed by atoms with E-state index in [0.717, 1.165) is 19.3 Å². The van der Waals surface area contributed by atoms with E-state index in [2.05, 4.69) is 66.3 Å². The molecule has 0 aliphatic carbocycles. The molecule has 0 spiro atoms. The van der Waals surface area contributed by atoms with Crippen molar-refractivity contribution in [2.45, 2.75) is 84.5 Å². The van der Waals surface area contributed by atoms with Crippen LogP contribution < -0.4 is 0 Å². The molecule has 0 fully saturated rings. The minimum absolute atomic E-state index is 0.0647. The first-order chi connectivity index (χ1) is 11.3. The van der Waals surface area contributed by atoms with Crippen LogP contribution in [-0.2, 0) is 27.4 Å². The standard InChI is InChI=1S/C21H34O3S/c1-8-20(4,5)18-14-13-17(19(15-18)21(6,7)9-2)12-10-11-16(3)25(22,23)24/h13-15H,3,8-12H2,1-2,4-7H3,(H,22,23,24). The fourth-order valence-electron chi connectivity index (χ4n) is 2.84. The highest BCUT2D eigenvalue weighted by Crippen LogP contribution is 2.35. The van der Waals surface area contributed by atoms with Crippen LogP contribution in [0.3, 0.4) is 0 Å². The molecule has 0 aliphatic rings. The van der Waals surface area contributed by atoms with Crippen LogP contribution in [0.1, 0.15) is 83.9 Å². The molecule has 25 heavy (non-hydrogen) atoms. The van der Waals surface area contributed by atoms with Gasteiger partial charge in [-0.1, -0.05) is 66.3 Å². The van der Waals surface area contributed by atoms with Gasteiger partial charge >= 0.3 is 0 Å². The third-order valence-electron chi connectivity index (χ3n) is 5.65. The summed E-state index contributed by atoms with van der Waals surface area (Å²) in [6, 6.07) is 6.72. The molecule has 1 N–H and O–H groups in total. The van der Waals surface area contributed by atoms with Gasteiger partial charge in [-0.2, -0.15) is 8.42 Å². The summed E-state index contributed by atoms with van der Waals surface area (Å²) in [5.41, 5.74) is 4.14. The third-order valence-corrected chi connectivity index (χ3v) is 6.59. The molecule has 0 bridgehead atoms.